The van der Waals surface area contributed by atoms with Gasteiger partial charge in [-0.05, 0) is 50.5 Å². The van der Waals surface area contributed by atoms with E-state index in [0.29, 0.717) is 25.0 Å². The Bertz CT molecular complexity index is 292. The van der Waals surface area contributed by atoms with Crippen molar-refractivity contribution in [2.24, 2.45) is 16.9 Å². The van der Waals surface area contributed by atoms with Crippen LogP contribution in [-0.2, 0) is 4.79 Å². The molecule has 0 aromatic rings. The molecule has 0 bridgehead atoms. The average molecular weight is 267 g/mol. The van der Waals surface area contributed by atoms with Gasteiger partial charge in [-0.25, -0.2) is 0 Å². The predicted octanol–water partition coefficient (Wildman–Crippen LogP) is 1.67. The molecular weight excluding hydrogens is 238 g/mol. The number of amides is 1. The van der Waals surface area contributed by atoms with Crippen molar-refractivity contribution in [2.45, 2.75) is 76.3 Å². The van der Waals surface area contributed by atoms with Gasteiger partial charge in [0, 0.05) is 18.5 Å². The Morgan fingerprint density at radius 2 is 1.74 bits per heavy atom. The quantitative estimate of drug-likeness (QED) is 0.725. The highest BCUT2D eigenvalue weighted by Gasteiger charge is 2.33. The fourth-order valence-electron chi connectivity index (χ4n) is 3.64. The lowest BCUT2D eigenvalue weighted by Crippen LogP contribution is -2.44. The molecule has 0 aliphatic heterocycles. The predicted molar refractivity (Wildman–Crippen MR) is 77.6 cm³/mol. The van der Waals surface area contributed by atoms with Crippen LogP contribution in [0.5, 0.6) is 0 Å². The Labute approximate surface area is 116 Å². The third-order valence-corrected chi connectivity index (χ3v) is 5.02. The van der Waals surface area contributed by atoms with Crippen molar-refractivity contribution >= 4 is 5.91 Å². The van der Waals surface area contributed by atoms with Gasteiger partial charge in [-0.15, -0.1) is 0 Å². The number of nitrogens with two attached hydrogens (primary N) is 2. The van der Waals surface area contributed by atoms with Gasteiger partial charge in [0.2, 0.25) is 5.91 Å². The van der Waals surface area contributed by atoms with Crippen LogP contribution < -0.4 is 16.8 Å². The zero-order chi connectivity index (χ0) is 13.7. The maximum absolute atomic E-state index is 12.2. The van der Waals surface area contributed by atoms with Crippen LogP contribution in [0, 0.1) is 5.41 Å². The average Bonchev–Trinajstić information content (AvgIpc) is 2.42. The van der Waals surface area contributed by atoms with Gasteiger partial charge < -0.3 is 16.8 Å². The van der Waals surface area contributed by atoms with Crippen LogP contribution in [0.25, 0.3) is 0 Å². The molecule has 0 heterocycles. The van der Waals surface area contributed by atoms with E-state index in [1.54, 1.807) is 0 Å². The summed E-state index contributed by atoms with van der Waals surface area (Å²) in [5.74, 6) is 0.202. The first-order valence-electron chi connectivity index (χ1n) is 7.89. The maximum atomic E-state index is 12.2. The van der Waals surface area contributed by atoms with E-state index in [1.807, 2.05) is 0 Å². The molecule has 110 valence electrons. The molecule has 2 fully saturated rings. The lowest BCUT2D eigenvalue weighted by atomic mass is 9.71. The fraction of sp³-hybridized carbons (Fsp3) is 0.933. The van der Waals surface area contributed by atoms with Crippen molar-refractivity contribution in [2.75, 3.05) is 6.54 Å². The molecule has 0 saturated heterocycles. The SMILES string of the molecule is NCC1(CC(=O)NC2CCC(N)CC2)CCCCC1. The van der Waals surface area contributed by atoms with Gasteiger partial charge in [0.25, 0.3) is 0 Å². The first-order valence-corrected chi connectivity index (χ1v) is 7.89. The minimum atomic E-state index is 0.0768. The summed E-state index contributed by atoms with van der Waals surface area (Å²) in [7, 11) is 0. The van der Waals surface area contributed by atoms with E-state index in [-0.39, 0.29) is 11.3 Å². The summed E-state index contributed by atoms with van der Waals surface area (Å²) in [4.78, 5) is 12.2. The molecule has 2 rings (SSSR count). The minimum absolute atomic E-state index is 0.0768. The molecule has 0 radical (unpaired) electrons. The molecular formula is C15H29N3O. The highest BCUT2D eigenvalue weighted by atomic mass is 16.1. The van der Waals surface area contributed by atoms with E-state index in [0.717, 1.165) is 38.5 Å². The van der Waals surface area contributed by atoms with Crippen molar-refractivity contribution < 1.29 is 4.79 Å². The molecule has 2 saturated carbocycles. The van der Waals surface area contributed by atoms with Crippen LogP contribution in [0.15, 0.2) is 0 Å². The van der Waals surface area contributed by atoms with Crippen molar-refractivity contribution in [1.29, 1.82) is 0 Å². The highest BCUT2D eigenvalue weighted by molar-refractivity contribution is 5.77. The largest absolute Gasteiger partial charge is 0.353 e. The monoisotopic (exact) mass is 267 g/mol. The normalized spacial score (nSPS) is 30.8. The Morgan fingerprint density at radius 1 is 1.11 bits per heavy atom. The molecule has 5 N–H and O–H groups in total. The highest BCUT2D eigenvalue weighted by Crippen LogP contribution is 2.38. The Morgan fingerprint density at radius 3 is 2.32 bits per heavy atom. The van der Waals surface area contributed by atoms with Crippen LogP contribution in [-0.4, -0.2) is 24.5 Å². The first kappa shape index (κ1) is 14.8. The molecule has 0 atom stereocenters. The second kappa shape index (κ2) is 6.71. The van der Waals surface area contributed by atoms with Gasteiger partial charge in [-0.3, -0.25) is 4.79 Å². The summed E-state index contributed by atoms with van der Waals surface area (Å²) in [6, 6.07) is 0.674. The number of carbonyl (C=O) groups excluding carboxylic acids is 1. The fourth-order valence-corrected chi connectivity index (χ4v) is 3.64. The van der Waals surface area contributed by atoms with Gasteiger partial charge in [0.15, 0.2) is 0 Å². The van der Waals surface area contributed by atoms with Crippen molar-refractivity contribution in [3.63, 3.8) is 0 Å². The van der Waals surface area contributed by atoms with Gasteiger partial charge >= 0.3 is 0 Å². The van der Waals surface area contributed by atoms with Crippen LogP contribution in [0.4, 0.5) is 0 Å². The molecule has 2 aliphatic carbocycles. The zero-order valence-corrected chi connectivity index (χ0v) is 12.0. The second-order valence-electron chi connectivity index (χ2n) is 6.62. The van der Waals surface area contributed by atoms with E-state index in [9.17, 15) is 4.79 Å². The maximum Gasteiger partial charge on any atom is 0.220 e. The number of rotatable bonds is 4. The standard InChI is InChI=1S/C15H29N3O/c16-11-15(8-2-1-3-9-15)10-14(19)18-13-6-4-12(17)5-7-13/h12-13H,1-11,16-17H2,(H,18,19). The van der Waals surface area contributed by atoms with Gasteiger partial charge in [-0.1, -0.05) is 19.3 Å². The summed E-state index contributed by atoms with van der Waals surface area (Å²) in [6.45, 7) is 0.649. The number of hydrogen-bond acceptors (Lipinski definition) is 3. The number of hydrogen-bond donors (Lipinski definition) is 3. The summed E-state index contributed by atoms with van der Waals surface area (Å²) < 4.78 is 0. The van der Waals surface area contributed by atoms with Crippen molar-refractivity contribution in [3.05, 3.63) is 0 Å². The first-order chi connectivity index (χ1) is 9.13. The smallest absolute Gasteiger partial charge is 0.220 e. The van der Waals surface area contributed by atoms with Crippen molar-refractivity contribution in [1.82, 2.24) is 5.32 Å². The summed E-state index contributed by atoms with van der Waals surface area (Å²) in [5, 5.41) is 3.20. The van der Waals surface area contributed by atoms with Crippen LogP contribution in [0.1, 0.15) is 64.2 Å². The summed E-state index contributed by atoms with van der Waals surface area (Å²) in [5.41, 5.74) is 11.9. The number of nitrogens with one attached hydrogen (secondary N) is 1. The van der Waals surface area contributed by atoms with E-state index in [4.69, 9.17) is 11.5 Å². The third-order valence-electron chi connectivity index (χ3n) is 5.02. The molecule has 19 heavy (non-hydrogen) atoms. The Kier molecular flexibility index (Phi) is 5.22. The molecule has 0 unspecified atom stereocenters. The van der Waals surface area contributed by atoms with Crippen LogP contribution in [0.3, 0.4) is 0 Å². The minimum Gasteiger partial charge on any atom is -0.353 e. The van der Waals surface area contributed by atoms with Crippen molar-refractivity contribution in [3.8, 4) is 0 Å². The second-order valence-corrected chi connectivity index (χ2v) is 6.62. The van der Waals surface area contributed by atoms with Gasteiger partial charge in [0.05, 0.1) is 0 Å². The van der Waals surface area contributed by atoms with E-state index < -0.39 is 0 Å². The molecule has 1 amide bonds. The Balaban J connectivity index is 1.79. The summed E-state index contributed by atoms with van der Waals surface area (Å²) in [6.07, 6.45) is 10.7. The van der Waals surface area contributed by atoms with Gasteiger partial charge in [-0.2, -0.15) is 0 Å². The summed E-state index contributed by atoms with van der Waals surface area (Å²) >= 11 is 0. The zero-order valence-electron chi connectivity index (χ0n) is 12.0. The molecule has 0 aromatic heterocycles. The lowest BCUT2D eigenvalue weighted by Gasteiger charge is -2.36. The van der Waals surface area contributed by atoms with Crippen LogP contribution in [0.2, 0.25) is 0 Å². The topological polar surface area (TPSA) is 81.1 Å². The van der Waals surface area contributed by atoms with Gasteiger partial charge in [0.1, 0.15) is 0 Å². The lowest BCUT2D eigenvalue weighted by molar-refractivity contribution is -0.124. The van der Waals surface area contributed by atoms with E-state index >= 15 is 0 Å². The van der Waals surface area contributed by atoms with E-state index in [2.05, 4.69) is 5.32 Å². The van der Waals surface area contributed by atoms with Crippen LogP contribution >= 0.6 is 0 Å². The molecule has 0 spiro atoms. The number of carbonyl (C=O) groups is 1. The molecule has 4 heteroatoms. The molecule has 2 aliphatic rings. The van der Waals surface area contributed by atoms with E-state index in [1.165, 1.54) is 19.3 Å². The molecule has 0 aromatic carbocycles. The Hall–Kier alpha value is -0.610. The molecule has 4 nitrogen and oxygen atoms in total. The third kappa shape index (κ3) is 4.18.